The lowest BCUT2D eigenvalue weighted by Crippen LogP contribution is -2.44. The number of fused-ring (bicyclic) bond motifs is 1. The zero-order valence-corrected chi connectivity index (χ0v) is 16.7. The van der Waals surface area contributed by atoms with Gasteiger partial charge in [0.1, 0.15) is 17.4 Å². The van der Waals surface area contributed by atoms with Crippen LogP contribution in [0.5, 0.6) is 5.75 Å². The Bertz CT molecular complexity index is 879. The van der Waals surface area contributed by atoms with Gasteiger partial charge < -0.3 is 9.64 Å². The number of nitrogens with one attached hydrogen (secondary N) is 1. The molecule has 3 unspecified atom stereocenters. The van der Waals surface area contributed by atoms with Crippen LogP contribution in [0.3, 0.4) is 0 Å². The minimum Gasteiger partial charge on any atom is -0.496 e. The first kappa shape index (κ1) is 18.7. The van der Waals surface area contributed by atoms with E-state index in [9.17, 15) is 4.79 Å². The van der Waals surface area contributed by atoms with Gasteiger partial charge in [0.2, 0.25) is 0 Å². The molecule has 1 saturated heterocycles. The fraction of sp³-hybridized carbons (Fsp3) is 0.417. The number of methoxy groups -OCH3 is 1. The van der Waals surface area contributed by atoms with Crippen molar-refractivity contribution in [3.05, 3.63) is 65.7 Å². The summed E-state index contributed by atoms with van der Waals surface area (Å²) in [6.45, 7) is 3.75. The summed E-state index contributed by atoms with van der Waals surface area (Å²) in [5, 5.41) is 8.70. The van der Waals surface area contributed by atoms with Crippen LogP contribution in [0, 0.1) is 17.2 Å². The summed E-state index contributed by atoms with van der Waals surface area (Å²) in [4.78, 5) is 14.8. The number of hydrogen-bond donors (Lipinski definition) is 1. The molecule has 2 aromatic rings. The first-order valence-corrected chi connectivity index (χ1v) is 10.1. The first-order chi connectivity index (χ1) is 13.5. The summed E-state index contributed by atoms with van der Waals surface area (Å²) in [5.41, 5.74) is 2.32. The number of ketones is 1. The van der Waals surface area contributed by atoms with Crippen molar-refractivity contribution in [1.29, 1.82) is 5.41 Å². The highest BCUT2D eigenvalue weighted by molar-refractivity contribution is 5.87. The molecule has 1 heterocycles. The van der Waals surface area contributed by atoms with Crippen molar-refractivity contribution in [2.45, 2.75) is 31.6 Å². The fourth-order valence-electron chi connectivity index (χ4n) is 5.07. The van der Waals surface area contributed by atoms with Crippen molar-refractivity contribution in [2.75, 3.05) is 20.2 Å². The van der Waals surface area contributed by atoms with Crippen molar-refractivity contribution in [3.63, 3.8) is 0 Å². The molecule has 4 nitrogen and oxygen atoms in total. The Balaban J connectivity index is 1.56. The highest BCUT2D eigenvalue weighted by Gasteiger charge is 2.51. The van der Waals surface area contributed by atoms with Crippen LogP contribution in [0.15, 0.2) is 54.6 Å². The average Bonchev–Trinajstić information content (AvgIpc) is 3.19. The van der Waals surface area contributed by atoms with Gasteiger partial charge in [-0.15, -0.1) is 0 Å². The molecule has 1 aliphatic carbocycles. The first-order valence-electron chi connectivity index (χ1n) is 10.1. The maximum atomic E-state index is 12.7. The smallest absolute Gasteiger partial charge is 0.138 e. The predicted octanol–water partition coefficient (Wildman–Crippen LogP) is 4.08. The van der Waals surface area contributed by atoms with E-state index in [1.54, 1.807) is 7.11 Å². The lowest BCUT2D eigenvalue weighted by atomic mass is 9.60. The van der Waals surface area contributed by atoms with E-state index < -0.39 is 0 Å². The average molecular weight is 377 g/mol. The van der Waals surface area contributed by atoms with Gasteiger partial charge in [0.05, 0.1) is 7.11 Å². The van der Waals surface area contributed by atoms with Crippen LogP contribution in [0.25, 0.3) is 0 Å². The van der Waals surface area contributed by atoms with E-state index in [1.165, 1.54) is 5.56 Å². The summed E-state index contributed by atoms with van der Waals surface area (Å²) < 4.78 is 5.44. The zero-order valence-electron chi connectivity index (χ0n) is 16.7. The largest absolute Gasteiger partial charge is 0.496 e. The van der Waals surface area contributed by atoms with Crippen LogP contribution in [0.4, 0.5) is 0 Å². The van der Waals surface area contributed by atoms with Gasteiger partial charge in [-0.1, -0.05) is 55.5 Å². The van der Waals surface area contributed by atoms with Gasteiger partial charge in [0.25, 0.3) is 0 Å². The molecule has 0 radical (unpaired) electrons. The number of hydrogen-bond acceptors (Lipinski definition) is 3. The standard InChI is InChI=1S/C24H28N2O2/c1-24(18-9-4-3-5-10-18)13-12-21(27)19-15-26(16-20(19)24)23(25)14-17-8-6-7-11-22(17)28-2/h3-11,19-20,25H,12-16H2,1-2H3. The van der Waals surface area contributed by atoms with Crippen molar-refractivity contribution < 1.29 is 9.53 Å². The minimum absolute atomic E-state index is 0.0146. The Hall–Kier alpha value is -2.62. The maximum Gasteiger partial charge on any atom is 0.138 e. The number of ether oxygens (including phenoxy) is 1. The van der Waals surface area contributed by atoms with Gasteiger partial charge in [-0.3, -0.25) is 10.2 Å². The molecule has 0 bridgehead atoms. The van der Waals surface area contributed by atoms with E-state index >= 15 is 0 Å². The highest BCUT2D eigenvalue weighted by atomic mass is 16.5. The van der Waals surface area contributed by atoms with Crippen molar-refractivity contribution >= 4 is 11.6 Å². The molecular weight excluding hydrogens is 348 g/mol. The number of carbonyl (C=O) groups excluding carboxylic acids is 1. The van der Waals surface area contributed by atoms with Gasteiger partial charge in [-0.2, -0.15) is 0 Å². The molecule has 146 valence electrons. The lowest BCUT2D eigenvalue weighted by Gasteiger charge is -2.42. The highest BCUT2D eigenvalue weighted by Crippen LogP contribution is 2.48. The number of benzene rings is 2. The molecule has 0 spiro atoms. The molecular formula is C24H28N2O2. The Labute approximate surface area is 167 Å². The molecule has 4 heteroatoms. The quantitative estimate of drug-likeness (QED) is 0.646. The van der Waals surface area contributed by atoms with E-state index in [1.807, 2.05) is 30.3 Å². The summed E-state index contributed by atoms with van der Waals surface area (Å²) in [6.07, 6.45) is 2.06. The summed E-state index contributed by atoms with van der Waals surface area (Å²) in [6, 6.07) is 18.5. The second-order valence-corrected chi connectivity index (χ2v) is 8.30. The number of carbonyl (C=O) groups is 1. The Morgan fingerprint density at radius 2 is 1.86 bits per heavy atom. The van der Waals surface area contributed by atoms with Crippen LogP contribution in [-0.4, -0.2) is 36.7 Å². The monoisotopic (exact) mass is 376 g/mol. The molecule has 1 aliphatic heterocycles. The van der Waals surface area contributed by atoms with Crippen LogP contribution in [-0.2, 0) is 16.6 Å². The van der Waals surface area contributed by atoms with E-state index in [0.717, 1.165) is 24.3 Å². The Kier molecular flexibility index (Phi) is 4.96. The predicted molar refractivity (Wildman–Crippen MR) is 111 cm³/mol. The van der Waals surface area contributed by atoms with E-state index in [-0.39, 0.29) is 17.3 Å². The molecule has 28 heavy (non-hydrogen) atoms. The number of Topliss-reactive ketones (excluding diaryl/α,β-unsaturated/α-hetero) is 1. The normalized spacial score (nSPS) is 26.8. The number of para-hydroxylation sites is 1. The third-order valence-electron chi connectivity index (χ3n) is 6.81. The number of nitrogens with zero attached hydrogens (tertiary/aromatic N) is 1. The van der Waals surface area contributed by atoms with E-state index in [2.05, 4.69) is 36.1 Å². The third-order valence-corrected chi connectivity index (χ3v) is 6.81. The number of amidine groups is 1. The summed E-state index contributed by atoms with van der Waals surface area (Å²) in [5.74, 6) is 2.04. The topological polar surface area (TPSA) is 53.4 Å². The van der Waals surface area contributed by atoms with Crippen molar-refractivity contribution in [2.24, 2.45) is 11.8 Å². The number of rotatable bonds is 4. The van der Waals surface area contributed by atoms with Gasteiger partial charge >= 0.3 is 0 Å². The molecule has 2 aromatic carbocycles. The fourth-order valence-corrected chi connectivity index (χ4v) is 5.07. The molecule has 4 rings (SSSR count). The van der Waals surface area contributed by atoms with Crippen molar-refractivity contribution in [1.82, 2.24) is 4.90 Å². The van der Waals surface area contributed by atoms with Crippen LogP contribution >= 0.6 is 0 Å². The van der Waals surface area contributed by atoms with E-state index in [0.29, 0.717) is 31.0 Å². The minimum atomic E-state index is -0.0146. The Morgan fingerprint density at radius 1 is 1.14 bits per heavy atom. The number of likely N-dealkylation sites (tertiary alicyclic amines) is 1. The van der Waals surface area contributed by atoms with Crippen molar-refractivity contribution in [3.8, 4) is 5.75 Å². The second-order valence-electron chi connectivity index (χ2n) is 8.30. The SMILES string of the molecule is COc1ccccc1CC(=N)N1CC2C(=O)CCC(C)(c3ccccc3)C2C1. The lowest BCUT2D eigenvalue weighted by molar-refractivity contribution is -0.127. The van der Waals surface area contributed by atoms with E-state index in [4.69, 9.17) is 10.1 Å². The molecule has 2 fully saturated rings. The molecule has 3 atom stereocenters. The van der Waals surface area contributed by atoms with Crippen LogP contribution < -0.4 is 4.74 Å². The zero-order chi connectivity index (χ0) is 19.7. The summed E-state index contributed by atoms with van der Waals surface area (Å²) >= 11 is 0. The third kappa shape index (κ3) is 3.21. The summed E-state index contributed by atoms with van der Waals surface area (Å²) in [7, 11) is 1.66. The van der Waals surface area contributed by atoms with Crippen LogP contribution in [0.1, 0.15) is 30.9 Å². The van der Waals surface area contributed by atoms with Gasteiger partial charge in [0, 0.05) is 37.4 Å². The Morgan fingerprint density at radius 3 is 2.61 bits per heavy atom. The van der Waals surface area contributed by atoms with Gasteiger partial charge in [-0.05, 0) is 29.4 Å². The van der Waals surface area contributed by atoms with Crippen LogP contribution in [0.2, 0.25) is 0 Å². The maximum absolute atomic E-state index is 12.7. The van der Waals surface area contributed by atoms with Gasteiger partial charge in [-0.25, -0.2) is 0 Å². The second kappa shape index (κ2) is 7.42. The van der Waals surface area contributed by atoms with Gasteiger partial charge in [0.15, 0.2) is 0 Å². The molecule has 1 saturated carbocycles. The molecule has 1 N–H and O–H groups in total. The molecule has 0 amide bonds. The molecule has 2 aliphatic rings. The molecule has 0 aromatic heterocycles.